The highest BCUT2D eigenvalue weighted by atomic mass is 16.5. The number of aromatic nitrogens is 1. The molecule has 0 saturated heterocycles. The Hall–Kier alpha value is -3.58. The molecule has 3 aromatic rings. The highest BCUT2D eigenvalue weighted by Crippen LogP contribution is 2.25. The van der Waals surface area contributed by atoms with E-state index >= 15 is 0 Å². The molecule has 0 radical (unpaired) electrons. The molecule has 1 aromatic heterocycles. The van der Waals surface area contributed by atoms with Gasteiger partial charge in [-0.05, 0) is 42.2 Å². The lowest BCUT2D eigenvalue weighted by Crippen LogP contribution is -2.31. The number of carbonyl (C=O) groups is 2. The zero-order valence-electron chi connectivity index (χ0n) is 20.5. The van der Waals surface area contributed by atoms with Crippen molar-refractivity contribution in [1.82, 2.24) is 15.2 Å². The molecule has 0 fully saturated rings. The molecule has 7 heteroatoms. The number of nitrogens with one attached hydrogen (secondary N) is 2. The van der Waals surface area contributed by atoms with Crippen molar-refractivity contribution in [3.05, 3.63) is 88.7 Å². The molecule has 2 aromatic carbocycles. The lowest BCUT2D eigenvalue weighted by Gasteiger charge is -2.22. The number of benzene rings is 2. The third-order valence-electron chi connectivity index (χ3n) is 6.53. The van der Waals surface area contributed by atoms with E-state index in [-0.39, 0.29) is 23.9 Å². The van der Waals surface area contributed by atoms with Gasteiger partial charge < -0.3 is 24.7 Å². The molecule has 0 aliphatic carbocycles. The largest absolute Gasteiger partial charge is 0.497 e. The Balaban J connectivity index is 1.57. The lowest BCUT2D eigenvalue weighted by atomic mass is 10.0. The Morgan fingerprint density at radius 1 is 0.943 bits per heavy atom. The predicted molar refractivity (Wildman–Crippen MR) is 135 cm³/mol. The average molecular weight is 476 g/mol. The number of nitrogens with zero attached hydrogens (tertiary/aromatic N) is 1. The first-order valence-corrected chi connectivity index (χ1v) is 12.2. The fourth-order valence-corrected chi connectivity index (χ4v) is 4.54. The van der Waals surface area contributed by atoms with Crippen molar-refractivity contribution in [3.8, 4) is 5.75 Å². The van der Waals surface area contributed by atoms with Crippen molar-refractivity contribution >= 4 is 11.8 Å². The number of amides is 2. The van der Waals surface area contributed by atoms with Gasteiger partial charge in [-0.2, -0.15) is 0 Å². The average Bonchev–Trinajstić information content (AvgIpc) is 3.31. The standard InChI is InChI=1S/C28H33N3O4/c1-4-23(19-9-7-6-8-10-19)30-28(33)25-17-22(26-18-35-16-15-31(25)26)27(32)29-24(5-2)20-11-13-21(34-3)14-12-20/h6-14,17,23-24H,4-5,15-16,18H2,1-3H3,(H,29,32)(H,30,33)/t23-,24-/m1/s1. The van der Waals surface area contributed by atoms with E-state index in [2.05, 4.69) is 10.6 Å². The monoisotopic (exact) mass is 475 g/mol. The normalized spacial score (nSPS) is 14.5. The topological polar surface area (TPSA) is 81.6 Å². The third-order valence-corrected chi connectivity index (χ3v) is 6.53. The fourth-order valence-electron chi connectivity index (χ4n) is 4.54. The molecule has 2 heterocycles. The Bertz CT molecular complexity index is 1150. The quantitative estimate of drug-likeness (QED) is 0.466. The van der Waals surface area contributed by atoms with Gasteiger partial charge in [0.2, 0.25) is 0 Å². The van der Waals surface area contributed by atoms with Crippen molar-refractivity contribution in [2.75, 3.05) is 13.7 Å². The molecular weight excluding hydrogens is 442 g/mol. The van der Waals surface area contributed by atoms with Crippen molar-refractivity contribution in [2.24, 2.45) is 0 Å². The van der Waals surface area contributed by atoms with Crippen LogP contribution >= 0.6 is 0 Å². The van der Waals surface area contributed by atoms with E-state index < -0.39 is 0 Å². The van der Waals surface area contributed by atoms with Gasteiger partial charge in [-0.25, -0.2) is 0 Å². The van der Waals surface area contributed by atoms with Crippen LogP contribution in [0.15, 0.2) is 60.7 Å². The van der Waals surface area contributed by atoms with Gasteiger partial charge in [-0.15, -0.1) is 0 Å². The van der Waals surface area contributed by atoms with Crippen LogP contribution in [0.25, 0.3) is 0 Å². The number of carbonyl (C=O) groups excluding carboxylic acids is 2. The molecule has 7 nitrogen and oxygen atoms in total. The summed E-state index contributed by atoms with van der Waals surface area (Å²) in [5, 5.41) is 6.28. The molecule has 0 unspecified atom stereocenters. The van der Waals surface area contributed by atoms with Gasteiger partial charge in [0.1, 0.15) is 11.4 Å². The minimum Gasteiger partial charge on any atom is -0.497 e. The summed E-state index contributed by atoms with van der Waals surface area (Å²) in [5.74, 6) is 0.367. The second kappa shape index (κ2) is 11.2. The Kier molecular flexibility index (Phi) is 7.87. The smallest absolute Gasteiger partial charge is 0.268 e. The summed E-state index contributed by atoms with van der Waals surface area (Å²) in [5.41, 5.74) is 3.75. The minimum atomic E-state index is -0.212. The Morgan fingerprint density at radius 2 is 1.57 bits per heavy atom. The number of hydrogen-bond donors (Lipinski definition) is 2. The van der Waals surface area contributed by atoms with Crippen LogP contribution in [0.4, 0.5) is 0 Å². The molecule has 1 aliphatic heterocycles. The van der Waals surface area contributed by atoms with E-state index in [9.17, 15) is 9.59 Å². The molecule has 35 heavy (non-hydrogen) atoms. The molecule has 0 spiro atoms. The molecule has 1 aliphatic rings. The number of hydrogen-bond acceptors (Lipinski definition) is 4. The number of methoxy groups -OCH3 is 1. The second-order valence-corrected chi connectivity index (χ2v) is 8.65. The highest BCUT2D eigenvalue weighted by Gasteiger charge is 2.28. The van der Waals surface area contributed by atoms with Gasteiger partial charge in [0.05, 0.1) is 43.7 Å². The van der Waals surface area contributed by atoms with E-state index in [0.29, 0.717) is 31.0 Å². The van der Waals surface area contributed by atoms with Gasteiger partial charge in [0.25, 0.3) is 11.8 Å². The first-order valence-electron chi connectivity index (χ1n) is 12.2. The second-order valence-electron chi connectivity index (χ2n) is 8.65. The van der Waals surface area contributed by atoms with Crippen LogP contribution in [-0.4, -0.2) is 30.1 Å². The number of fused-ring (bicyclic) bond motifs is 1. The molecule has 0 bridgehead atoms. The maximum absolute atomic E-state index is 13.4. The van der Waals surface area contributed by atoms with Gasteiger partial charge in [-0.1, -0.05) is 56.3 Å². The molecule has 2 N–H and O–H groups in total. The Morgan fingerprint density at radius 3 is 2.20 bits per heavy atom. The Labute approximate surface area is 206 Å². The van der Waals surface area contributed by atoms with Gasteiger partial charge in [-0.3, -0.25) is 9.59 Å². The summed E-state index contributed by atoms with van der Waals surface area (Å²) < 4.78 is 12.8. The summed E-state index contributed by atoms with van der Waals surface area (Å²) >= 11 is 0. The molecule has 4 rings (SSSR count). The van der Waals surface area contributed by atoms with Crippen LogP contribution in [0.5, 0.6) is 5.75 Å². The maximum Gasteiger partial charge on any atom is 0.268 e. The first kappa shape index (κ1) is 24.5. The molecule has 184 valence electrons. The summed E-state index contributed by atoms with van der Waals surface area (Å²) in [6, 6.07) is 19.0. The van der Waals surface area contributed by atoms with Crippen molar-refractivity contribution < 1.29 is 19.1 Å². The summed E-state index contributed by atoms with van der Waals surface area (Å²) in [7, 11) is 1.63. The van der Waals surface area contributed by atoms with Crippen molar-refractivity contribution in [3.63, 3.8) is 0 Å². The van der Waals surface area contributed by atoms with Crippen LogP contribution in [0.2, 0.25) is 0 Å². The predicted octanol–water partition coefficient (Wildman–Crippen LogP) is 4.79. The summed E-state index contributed by atoms with van der Waals surface area (Å²) in [6.45, 7) is 5.40. The highest BCUT2D eigenvalue weighted by molar-refractivity contribution is 6.01. The third kappa shape index (κ3) is 5.41. The van der Waals surface area contributed by atoms with Crippen molar-refractivity contribution in [1.29, 1.82) is 0 Å². The SMILES string of the molecule is CC[C@@H](NC(=O)c1cc(C(=O)N[C@H](CC)c2ccccc2)n2c1COCC2)c1ccc(OC)cc1. The fraction of sp³-hybridized carbons (Fsp3) is 0.357. The lowest BCUT2D eigenvalue weighted by molar-refractivity contribution is 0.0773. The van der Waals surface area contributed by atoms with Gasteiger partial charge in [0.15, 0.2) is 0 Å². The summed E-state index contributed by atoms with van der Waals surface area (Å²) in [4.78, 5) is 26.7. The van der Waals surface area contributed by atoms with E-state index in [4.69, 9.17) is 9.47 Å². The van der Waals surface area contributed by atoms with Crippen LogP contribution < -0.4 is 15.4 Å². The van der Waals surface area contributed by atoms with Gasteiger partial charge >= 0.3 is 0 Å². The molecule has 2 amide bonds. The van der Waals surface area contributed by atoms with Crippen LogP contribution in [-0.2, 0) is 17.9 Å². The minimum absolute atomic E-state index is 0.105. The zero-order valence-corrected chi connectivity index (χ0v) is 20.5. The van der Waals surface area contributed by atoms with Crippen LogP contribution in [0.3, 0.4) is 0 Å². The van der Waals surface area contributed by atoms with E-state index in [1.807, 2.05) is 73.0 Å². The van der Waals surface area contributed by atoms with Crippen LogP contribution in [0.1, 0.15) is 76.4 Å². The van der Waals surface area contributed by atoms with E-state index in [1.54, 1.807) is 13.2 Å². The van der Waals surface area contributed by atoms with E-state index in [0.717, 1.165) is 35.4 Å². The summed E-state index contributed by atoms with van der Waals surface area (Å²) in [6.07, 6.45) is 1.49. The first-order chi connectivity index (χ1) is 17.0. The maximum atomic E-state index is 13.4. The number of ether oxygens (including phenoxy) is 2. The van der Waals surface area contributed by atoms with Crippen molar-refractivity contribution in [2.45, 2.75) is 51.9 Å². The molecule has 0 saturated carbocycles. The van der Waals surface area contributed by atoms with E-state index in [1.165, 1.54) is 0 Å². The van der Waals surface area contributed by atoms with Gasteiger partial charge in [0, 0.05) is 6.54 Å². The molecular formula is C28H33N3O4. The number of rotatable bonds is 9. The zero-order chi connectivity index (χ0) is 24.8. The molecule has 2 atom stereocenters. The van der Waals surface area contributed by atoms with Crippen LogP contribution in [0, 0.1) is 0 Å².